The number of phenolic OH excluding ortho intramolecular Hbond substituents is 3. The molecule has 1 aliphatic rings. The first-order valence-electron chi connectivity index (χ1n) is 9.89. The Morgan fingerprint density at radius 1 is 0.970 bits per heavy atom. The lowest BCUT2D eigenvalue weighted by molar-refractivity contribution is -0.231. The van der Waals surface area contributed by atoms with Crippen molar-refractivity contribution in [2.45, 2.75) is 30.5 Å². The van der Waals surface area contributed by atoms with Crippen molar-refractivity contribution in [1.29, 1.82) is 0 Å². The van der Waals surface area contributed by atoms with E-state index in [0.29, 0.717) is 5.56 Å². The van der Waals surface area contributed by atoms with Crippen LogP contribution in [0, 0.1) is 0 Å². The summed E-state index contributed by atoms with van der Waals surface area (Å²) in [5.74, 6) is -1.98. The molecular weight excluding hydrogens is 440 g/mol. The molecule has 1 aliphatic heterocycles. The number of aliphatic hydroxyl groups is 4. The first-order valence-corrected chi connectivity index (χ1v) is 9.89. The average molecular weight is 462 g/mol. The van der Waals surface area contributed by atoms with Gasteiger partial charge in [0.25, 0.3) is 0 Å². The van der Waals surface area contributed by atoms with Crippen LogP contribution < -0.4 is 10.2 Å². The second-order valence-corrected chi connectivity index (χ2v) is 7.62. The first-order chi connectivity index (χ1) is 15.7. The molecule has 3 aromatic rings. The van der Waals surface area contributed by atoms with Gasteiger partial charge in [0.2, 0.25) is 5.75 Å². The topological polar surface area (TPSA) is 190 Å². The van der Waals surface area contributed by atoms with Crippen molar-refractivity contribution in [2.75, 3.05) is 13.7 Å². The lowest BCUT2D eigenvalue weighted by atomic mass is 9.89. The second-order valence-electron chi connectivity index (χ2n) is 7.62. The SMILES string of the molecule is COc1c(O)c(C2OC(CO)C(O)C(O)C2O)c2oc(-c3ccc(O)cc3)cc(=O)c2c1O. The molecule has 33 heavy (non-hydrogen) atoms. The summed E-state index contributed by atoms with van der Waals surface area (Å²) in [7, 11) is 1.13. The van der Waals surface area contributed by atoms with Crippen LogP contribution in [0.3, 0.4) is 0 Å². The first kappa shape index (κ1) is 22.8. The highest BCUT2D eigenvalue weighted by atomic mass is 16.5. The molecular formula is C22H22O11. The second kappa shape index (κ2) is 8.54. The van der Waals surface area contributed by atoms with Crippen LogP contribution >= 0.6 is 0 Å². The number of aromatic hydroxyl groups is 3. The summed E-state index contributed by atoms with van der Waals surface area (Å²) in [6.45, 7) is -0.724. The summed E-state index contributed by atoms with van der Waals surface area (Å²) in [4.78, 5) is 13.0. The molecule has 2 heterocycles. The fraction of sp³-hybridized carbons (Fsp3) is 0.318. The number of benzene rings is 2. The van der Waals surface area contributed by atoms with Gasteiger partial charge < -0.3 is 49.6 Å². The van der Waals surface area contributed by atoms with E-state index in [0.717, 1.165) is 13.2 Å². The summed E-state index contributed by atoms with van der Waals surface area (Å²) >= 11 is 0. The van der Waals surface area contributed by atoms with Gasteiger partial charge in [-0.05, 0) is 24.3 Å². The molecule has 5 atom stereocenters. The van der Waals surface area contributed by atoms with Crippen LogP contribution in [0.1, 0.15) is 11.7 Å². The van der Waals surface area contributed by atoms with Crippen molar-refractivity contribution in [3.63, 3.8) is 0 Å². The third kappa shape index (κ3) is 3.65. The predicted molar refractivity (Wildman–Crippen MR) is 112 cm³/mol. The van der Waals surface area contributed by atoms with Crippen LogP contribution in [0.25, 0.3) is 22.3 Å². The van der Waals surface area contributed by atoms with E-state index in [1.807, 2.05) is 0 Å². The van der Waals surface area contributed by atoms with Crippen molar-refractivity contribution in [1.82, 2.24) is 0 Å². The van der Waals surface area contributed by atoms with Gasteiger partial charge in [-0.15, -0.1) is 0 Å². The Hall–Kier alpha value is -3.35. The van der Waals surface area contributed by atoms with E-state index in [2.05, 4.69) is 0 Å². The van der Waals surface area contributed by atoms with Crippen LogP contribution in [0.2, 0.25) is 0 Å². The number of methoxy groups -OCH3 is 1. The molecule has 0 bridgehead atoms. The molecule has 5 unspecified atom stereocenters. The zero-order valence-corrected chi connectivity index (χ0v) is 17.2. The standard InChI is InChI=1S/C22H22O11/c1-31-22-16(27)13-10(25)6-11(8-2-4-9(24)5-3-8)32-20(13)14(17(22)28)21-19(30)18(29)15(26)12(7-23)33-21/h2-6,12,15,18-19,21,23-24,26-30H,7H2,1H3. The van der Waals surface area contributed by atoms with Gasteiger partial charge in [-0.1, -0.05) is 0 Å². The zero-order chi connectivity index (χ0) is 24.0. The van der Waals surface area contributed by atoms with E-state index < -0.39 is 59.8 Å². The Balaban J connectivity index is 2.03. The smallest absolute Gasteiger partial charge is 0.204 e. The summed E-state index contributed by atoms with van der Waals surface area (Å²) in [5, 5.41) is 71.0. The number of ether oxygens (including phenoxy) is 2. The van der Waals surface area contributed by atoms with Crippen molar-refractivity contribution >= 4 is 11.0 Å². The van der Waals surface area contributed by atoms with Crippen LogP contribution in [0.4, 0.5) is 0 Å². The molecule has 0 spiro atoms. The number of hydrogen-bond acceptors (Lipinski definition) is 11. The highest BCUT2D eigenvalue weighted by Gasteiger charge is 2.46. The molecule has 1 aromatic heterocycles. The molecule has 1 saturated heterocycles. The van der Waals surface area contributed by atoms with E-state index in [9.17, 15) is 40.5 Å². The molecule has 0 aliphatic carbocycles. The maximum atomic E-state index is 13.0. The van der Waals surface area contributed by atoms with Crippen LogP contribution in [0.5, 0.6) is 23.0 Å². The van der Waals surface area contributed by atoms with E-state index in [-0.39, 0.29) is 28.0 Å². The van der Waals surface area contributed by atoms with Crippen LogP contribution in [-0.2, 0) is 4.74 Å². The quantitative estimate of drug-likeness (QED) is 0.278. The number of phenols is 3. The molecule has 176 valence electrons. The van der Waals surface area contributed by atoms with Gasteiger partial charge >= 0.3 is 0 Å². The van der Waals surface area contributed by atoms with Gasteiger partial charge in [0, 0.05) is 11.6 Å². The molecule has 0 radical (unpaired) electrons. The minimum Gasteiger partial charge on any atom is -0.508 e. The molecule has 11 heteroatoms. The summed E-state index contributed by atoms with van der Waals surface area (Å²) < 4.78 is 16.4. The molecule has 7 N–H and O–H groups in total. The monoisotopic (exact) mass is 462 g/mol. The minimum atomic E-state index is -1.81. The molecule has 11 nitrogen and oxygen atoms in total. The van der Waals surface area contributed by atoms with E-state index in [4.69, 9.17) is 13.9 Å². The third-order valence-corrected chi connectivity index (χ3v) is 5.65. The highest BCUT2D eigenvalue weighted by Crippen LogP contribution is 2.50. The highest BCUT2D eigenvalue weighted by molar-refractivity contribution is 5.93. The Kier molecular flexibility index (Phi) is 5.91. The summed E-state index contributed by atoms with van der Waals surface area (Å²) in [5.41, 5.74) is -1.05. The zero-order valence-electron chi connectivity index (χ0n) is 17.2. The number of hydrogen-bond donors (Lipinski definition) is 7. The molecule has 4 rings (SSSR count). The van der Waals surface area contributed by atoms with Crippen molar-refractivity contribution in [3.05, 3.63) is 46.1 Å². The van der Waals surface area contributed by atoms with Crippen molar-refractivity contribution in [2.24, 2.45) is 0 Å². The number of aliphatic hydroxyl groups excluding tert-OH is 4. The Morgan fingerprint density at radius 3 is 2.24 bits per heavy atom. The summed E-state index contributed by atoms with van der Waals surface area (Å²) in [6, 6.07) is 6.75. The number of fused-ring (bicyclic) bond motifs is 1. The van der Waals surface area contributed by atoms with Crippen LogP contribution in [0.15, 0.2) is 39.5 Å². The van der Waals surface area contributed by atoms with Gasteiger partial charge in [-0.25, -0.2) is 0 Å². The molecule has 1 fully saturated rings. The van der Waals surface area contributed by atoms with Crippen molar-refractivity contribution in [3.8, 4) is 34.3 Å². The lowest BCUT2D eigenvalue weighted by Gasteiger charge is -2.40. The normalized spacial score (nSPS) is 25.3. The Labute approximate surface area is 185 Å². The maximum absolute atomic E-state index is 13.0. The Bertz CT molecular complexity index is 1230. The van der Waals surface area contributed by atoms with Gasteiger partial charge in [0.1, 0.15) is 47.4 Å². The van der Waals surface area contributed by atoms with Crippen molar-refractivity contribution < 1.29 is 49.6 Å². The Morgan fingerprint density at radius 2 is 1.64 bits per heavy atom. The van der Waals surface area contributed by atoms with Crippen LogP contribution in [-0.4, -0.2) is 73.9 Å². The summed E-state index contributed by atoms with van der Waals surface area (Å²) in [6.07, 6.45) is -8.14. The van der Waals surface area contributed by atoms with Gasteiger partial charge in [0.05, 0.1) is 19.3 Å². The average Bonchev–Trinajstić information content (AvgIpc) is 2.79. The fourth-order valence-corrected chi connectivity index (χ4v) is 3.93. The molecule has 0 saturated carbocycles. The van der Waals surface area contributed by atoms with Gasteiger partial charge in [-0.2, -0.15) is 0 Å². The van der Waals surface area contributed by atoms with E-state index >= 15 is 0 Å². The third-order valence-electron chi connectivity index (χ3n) is 5.65. The fourth-order valence-electron chi connectivity index (χ4n) is 3.93. The lowest BCUT2D eigenvalue weighted by Crippen LogP contribution is -2.55. The maximum Gasteiger partial charge on any atom is 0.204 e. The van der Waals surface area contributed by atoms with Gasteiger partial charge in [0.15, 0.2) is 22.5 Å². The predicted octanol–water partition coefficient (Wildman–Crippen LogP) is 0.100. The van der Waals surface area contributed by atoms with Gasteiger partial charge in [-0.3, -0.25) is 4.79 Å². The molecule has 0 amide bonds. The number of rotatable bonds is 4. The van der Waals surface area contributed by atoms with E-state index in [1.165, 1.54) is 24.3 Å². The van der Waals surface area contributed by atoms with E-state index in [1.54, 1.807) is 0 Å². The minimum absolute atomic E-state index is 0.00214. The largest absolute Gasteiger partial charge is 0.508 e. The molecule has 2 aromatic carbocycles.